The van der Waals surface area contributed by atoms with Gasteiger partial charge in [-0.25, -0.2) is 0 Å². The zero-order valence-corrected chi connectivity index (χ0v) is 13.0. The van der Waals surface area contributed by atoms with Gasteiger partial charge < -0.3 is 15.5 Å². The molecule has 21 heavy (non-hydrogen) atoms. The van der Waals surface area contributed by atoms with Gasteiger partial charge in [-0.05, 0) is 35.2 Å². The van der Waals surface area contributed by atoms with Crippen LogP contribution in [0.15, 0.2) is 42.5 Å². The maximum absolute atomic E-state index is 10.7. The molecular weight excluding hydrogens is 262 g/mol. The maximum atomic E-state index is 10.7. The van der Waals surface area contributed by atoms with Gasteiger partial charge >= 0.3 is 0 Å². The van der Waals surface area contributed by atoms with Crippen molar-refractivity contribution >= 4 is 10.8 Å². The van der Waals surface area contributed by atoms with Gasteiger partial charge in [-0.2, -0.15) is 0 Å². The highest BCUT2D eigenvalue weighted by atomic mass is 16.3. The number of benzene rings is 2. The molecule has 2 rings (SSSR count). The van der Waals surface area contributed by atoms with E-state index in [0.29, 0.717) is 6.54 Å². The summed E-state index contributed by atoms with van der Waals surface area (Å²) in [4.78, 5) is 0. The number of rotatable bonds is 6. The van der Waals surface area contributed by atoms with Crippen LogP contribution >= 0.6 is 0 Å². The molecule has 0 saturated heterocycles. The number of hydrogen-bond acceptors (Lipinski definition) is 3. The first kappa shape index (κ1) is 16.0. The van der Waals surface area contributed by atoms with E-state index < -0.39 is 12.2 Å². The number of hydrogen-bond donors (Lipinski definition) is 3. The van der Waals surface area contributed by atoms with Gasteiger partial charge in [0.1, 0.15) is 0 Å². The first-order chi connectivity index (χ1) is 9.99. The molecule has 0 aliphatic carbocycles. The van der Waals surface area contributed by atoms with Gasteiger partial charge in [-0.15, -0.1) is 0 Å². The van der Waals surface area contributed by atoms with Crippen LogP contribution in [0.3, 0.4) is 0 Å². The maximum Gasteiger partial charge on any atom is 0.0945 e. The summed E-state index contributed by atoms with van der Waals surface area (Å²) < 4.78 is 0. The molecule has 3 unspecified atom stereocenters. The Morgan fingerprint density at radius 1 is 0.952 bits per heavy atom. The molecule has 0 saturated carbocycles. The van der Waals surface area contributed by atoms with E-state index >= 15 is 0 Å². The standard InChI is InChI=1S/C18H25NO2/c1-12(2)17(19-11-13(3)20)18(21)16-9-8-14-6-4-5-7-15(14)10-16/h4-10,12-13,17-21H,11H2,1-3H3. The fraction of sp³-hybridized carbons (Fsp3) is 0.444. The first-order valence-electron chi connectivity index (χ1n) is 7.57. The molecule has 2 aromatic carbocycles. The van der Waals surface area contributed by atoms with Crippen molar-refractivity contribution in [2.24, 2.45) is 5.92 Å². The van der Waals surface area contributed by atoms with Crippen molar-refractivity contribution in [3.05, 3.63) is 48.0 Å². The Balaban J connectivity index is 2.23. The molecule has 0 amide bonds. The number of nitrogens with one attached hydrogen (secondary N) is 1. The molecule has 0 aliphatic heterocycles. The zero-order chi connectivity index (χ0) is 15.4. The van der Waals surface area contributed by atoms with Crippen LogP contribution < -0.4 is 5.32 Å². The summed E-state index contributed by atoms with van der Waals surface area (Å²) in [5.41, 5.74) is 0.908. The van der Waals surface area contributed by atoms with Crippen molar-refractivity contribution in [3.8, 4) is 0 Å². The minimum Gasteiger partial charge on any atom is -0.392 e. The summed E-state index contributed by atoms with van der Waals surface area (Å²) in [7, 11) is 0. The molecule has 0 aliphatic rings. The number of fused-ring (bicyclic) bond motifs is 1. The molecule has 114 valence electrons. The van der Waals surface area contributed by atoms with Gasteiger partial charge in [-0.3, -0.25) is 0 Å². The summed E-state index contributed by atoms with van der Waals surface area (Å²) in [6.07, 6.45) is -1.01. The molecule has 0 fully saturated rings. The minimum absolute atomic E-state index is 0.0826. The van der Waals surface area contributed by atoms with Crippen molar-refractivity contribution in [1.82, 2.24) is 5.32 Å². The van der Waals surface area contributed by atoms with Crippen LogP contribution in [0.2, 0.25) is 0 Å². The monoisotopic (exact) mass is 287 g/mol. The van der Waals surface area contributed by atoms with Crippen LogP contribution in [0.1, 0.15) is 32.4 Å². The van der Waals surface area contributed by atoms with E-state index in [2.05, 4.69) is 31.3 Å². The average molecular weight is 287 g/mol. The van der Waals surface area contributed by atoms with E-state index in [4.69, 9.17) is 0 Å². The van der Waals surface area contributed by atoms with Gasteiger partial charge in [0.25, 0.3) is 0 Å². The SMILES string of the molecule is CC(O)CNC(C(C)C)C(O)c1ccc2ccccc2c1. The lowest BCUT2D eigenvalue weighted by molar-refractivity contribution is 0.0932. The van der Waals surface area contributed by atoms with Crippen molar-refractivity contribution < 1.29 is 10.2 Å². The zero-order valence-electron chi connectivity index (χ0n) is 13.0. The second-order valence-corrected chi connectivity index (χ2v) is 6.08. The van der Waals surface area contributed by atoms with Gasteiger partial charge in [0.2, 0.25) is 0 Å². The third-order valence-electron chi connectivity index (χ3n) is 3.82. The van der Waals surface area contributed by atoms with Crippen LogP contribution in [0.25, 0.3) is 10.8 Å². The second-order valence-electron chi connectivity index (χ2n) is 6.08. The molecule has 0 bridgehead atoms. The van der Waals surface area contributed by atoms with E-state index in [1.807, 2.05) is 30.3 Å². The molecule has 3 atom stereocenters. The van der Waals surface area contributed by atoms with Crippen molar-refractivity contribution in [3.63, 3.8) is 0 Å². The van der Waals surface area contributed by atoms with E-state index in [9.17, 15) is 10.2 Å². The first-order valence-corrected chi connectivity index (χ1v) is 7.57. The molecule has 0 aromatic heterocycles. The Morgan fingerprint density at radius 3 is 2.24 bits per heavy atom. The summed E-state index contributed by atoms with van der Waals surface area (Å²) in [5, 5.41) is 25.7. The minimum atomic E-state index is -0.589. The van der Waals surface area contributed by atoms with Gasteiger partial charge in [-0.1, -0.05) is 50.2 Å². The van der Waals surface area contributed by atoms with Gasteiger partial charge in [0.05, 0.1) is 12.2 Å². The molecule has 0 spiro atoms. The molecule has 2 aromatic rings. The highest BCUT2D eigenvalue weighted by molar-refractivity contribution is 5.83. The van der Waals surface area contributed by atoms with Crippen molar-refractivity contribution in [1.29, 1.82) is 0 Å². The van der Waals surface area contributed by atoms with Crippen LogP contribution in [0, 0.1) is 5.92 Å². The molecule has 3 N–H and O–H groups in total. The van der Waals surface area contributed by atoms with Crippen LogP contribution in [0.4, 0.5) is 0 Å². The largest absolute Gasteiger partial charge is 0.392 e. The lowest BCUT2D eigenvalue weighted by Crippen LogP contribution is -2.42. The normalized spacial score (nSPS) is 16.1. The van der Waals surface area contributed by atoms with E-state index in [1.54, 1.807) is 6.92 Å². The van der Waals surface area contributed by atoms with Crippen molar-refractivity contribution in [2.45, 2.75) is 39.0 Å². The smallest absolute Gasteiger partial charge is 0.0945 e. The van der Waals surface area contributed by atoms with Gasteiger partial charge in [0, 0.05) is 12.6 Å². The molecular formula is C18H25NO2. The van der Waals surface area contributed by atoms with E-state index in [1.165, 1.54) is 5.39 Å². The summed E-state index contributed by atoms with van der Waals surface area (Å²) in [6, 6.07) is 14.1. The fourth-order valence-electron chi connectivity index (χ4n) is 2.62. The van der Waals surface area contributed by atoms with E-state index in [-0.39, 0.29) is 12.0 Å². The highest BCUT2D eigenvalue weighted by Crippen LogP contribution is 2.25. The Kier molecular flexibility index (Phi) is 5.34. The lowest BCUT2D eigenvalue weighted by Gasteiger charge is -2.28. The molecule has 3 heteroatoms. The van der Waals surface area contributed by atoms with E-state index in [0.717, 1.165) is 10.9 Å². The van der Waals surface area contributed by atoms with Crippen LogP contribution in [-0.4, -0.2) is 28.9 Å². The molecule has 0 heterocycles. The number of aliphatic hydroxyl groups excluding tert-OH is 2. The Labute approximate surface area is 126 Å². The Bertz CT molecular complexity index is 580. The summed E-state index contributed by atoms with van der Waals surface area (Å²) in [6.45, 7) is 6.37. The predicted octanol–water partition coefficient (Wildman–Crippen LogP) is 2.87. The number of aliphatic hydroxyl groups is 2. The van der Waals surface area contributed by atoms with Crippen LogP contribution in [0.5, 0.6) is 0 Å². The highest BCUT2D eigenvalue weighted by Gasteiger charge is 2.24. The Morgan fingerprint density at radius 2 is 1.62 bits per heavy atom. The molecule has 0 radical (unpaired) electrons. The summed E-state index contributed by atoms with van der Waals surface area (Å²) in [5.74, 6) is 0.269. The quantitative estimate of drug-likeness (QED) is 0.766. The average Bonchev–Trinajstić information content (AvgIpc) is 2.46. The topological polar surface area (TPSA) is 52.5 Å². The van der Waals surface area contributed by atoms with Crippen LogP contribution in [-0.2, 0) is 0 Å². The van der Waals surface area contributed by atoms with Crippen molar-refractivity contribution in [2.75, 3.05) is 6.54 Å². The lowest BCUT2D eigenvalue weighted by atomic mass is 9.92. The fourth-order valence-corrected chi connectivity index (χ4v) is 2.62. The summed E-state index contributed by atoms with van der Waals surface area (Å²) >= 11 is 0. The predicted molar refractivity (Wildman–Crippen MR) is 87.2 cm³/mol. The second kappa shape index (κ2) is 7.03. The Hall–Kier alpha value is -1.42. The van der Waals surface area contributed by atoms with Gasteiger partial charge in [0.15, 0.2) is 0 Å². The molecule has 3 nitrogen and oxygen atoms in total. The third-order valence-corrected chi connectivity index (χ3v) is 3.82. The third kappa shape index (κ3) is 4.03.